The number of amides is 1. The van der Waals surface area contributed by atoms with E-state index >= 15 is 4.39 Å². The molecule has 0 spiro atoms. The van der Waals surface area contributed by atoms with Crippen LogP contribution in [-0.4, -0.2) is 95.9 Å². The Morgan fingerprint density at radius 3 is 2.67 bits per heavy atom. The highest BCUT2D eigenvalue weighted by Crippen LogP contribution is 2.46. The average molecular weight is 816 g/mol. The van der Waals surface area contributed by atoms with Gasteiger partial charge in [0.05, 0.1) is 50.7 Å². The van der Waals surface area contributed by atoms with Crippen molar-refractivity contribution in [1.82, 2.24) is 19.6 Å². The number of aryl methyl sites for hydroxylation is 1. The van der Waals surface area contributed by atoms with Crippen molar-refractivity contribution in [3.63, 3.8) is 0 Å². The maximum absolute atomic E-state index is 15.4. The molecule has 1 amide bonds. The van der Waals surface area contributed by atoms with Gasteiger partial charge >= 0.3 is 6.09 Å². The Morgan fingerprint density at radius 1 is 1.15 bits per heavy atom. The number of alkyl carbamates (subject to hydrolysis) is 1. The van der Waals surface area contributed by atoms with Crippen LogP contribution in [0.15, 0.2) is 52.7 Å². The van der Waals surface area contributed by atoms with Gasteiger partial charge in [0.15, 0.2) is 11.4 Å². The molecule has 296 valence electrons. The van der Waals surface area contributed by atoms with Crippen LogP contribution in [-0.2, 0) is 37.3 Å². The van der Waals surface area contributed by atoms with Crippen molar-refractivity contribution >= 4 is 54.1 Å². The summed E-state index contributed by atoms with van der Waals surface area (Å²) < 4.78 is 69.2. The Bertz CT molecular complexity index is 2100. The molecule has 2 aliphatic carbocycles. The van der Waals surface area contributed by atoms with Crippen LogP contribution in [0, 0.1) is 18.8 Å². The number of aliphatic hydroxyl groups excluding tert-OH is 1. The van der Waals surface area contributed by atoms with E-state index in [1.54, 1.807) is 29.5 Å². The lowest BCUT2D eigenvalue weighted by molar-refractivity contribution is -0.153. The molecule has 3 N–H and O–H groups in total. The van der Waals surface area contributed by atoms with Crippen LogP contribution < -0.4 is 15.4 Å². The molecule has 8 rings (SSSR count). The van der Waals surface area contributed by atoms with E-state index < -0.39 is 53.1 Å². The summed E-state index contributed by atoms with van der Waals surface area (Å²) in [7, 11) is -4.33. The molecule has 17 heteroatoms. The van der Waals surface area contributed by atoms with Gasteiger partial charge in [0, 0.05) is 36.3 Å². The third-order valence-electron chi connectivity index (χ3n) is 10.4. The summed E-state index contributed by atoms with van der Waals surface area (Å²) in [6.45, 7) is 4.20. The number of hydrogen-bond donors (Lipinski definition) is 3. The third-order valence-corrected chi connectivity index (χ3v) is 14.0. The number of sulfonamides is 1. The first-order valence-electron chi connectivity index (χ1n) is 18.7. The van der Waals surface area contributed by atoms with Crippen LogP contribution in [0.2, 0.25) is 0 Å². The van der Waals surface area contributed by atoms with Gasteiger partial charge < -0.3 is 34.7 Å². The molecule has 4 heterocycles. The first kappa shape index (κ1) is 38.4. The molecule has 2 aromatic carbocycles. The number of aromatic nitrogens is 2. The molecule has 4 unspecified atom stereocenters. The molecular formula is C38H46FN5O8S3. The van der Waals surface area contributed by atoms with Crippen molar-refractivity contribution in [3.05, 3.63) is 64.1 Å². The molecule has 13 nitrogen and oxygen atoms in total. The summed E-state index contributed by atoms with van der Waals surface area (Å²) in [5, 5.41) is 21.6. The molecule has 2 saturated carbocycles. The largest absolute Gasteiger partial charge is 0.487 e. The van der Waals surface area contributed by atoms with Crippen molar-refractivity contribution in [2.75, 3.05) is 25.0 Å². The van der Waals surface area contributed by atoms with E-state index in [1.165, 1.54) is 37.3 Å². The minimum Gasteiger partial charge on any atom is -0.487 e. The maximum atomic E-state index is 15.4. The quantitative estimate of drug-likeness (QED) is 0.125. The topological polar surface area (TPSA) is 161 Å². The SMILES string of the molecule is Cc1nc(COc2ccc(C[C@H](NC(=O)OC3C4COC5O[C@H]3CC5C4)[C@H](O)CN(CC(C)(C)F)S(=O)(=O)c3ccc4nc(NC5CC5)sc4c3)cc2)cs1. The van der Waals surface area contributed by atoms with Crippen molar-refractivity contribution in [2.24, 2.45) is 11.8 Å². The van der Waals surface area contributed by atoms with Gasteiger partial charge in [0.2, 0.25) is 10.0 Å². The Hall–Kier alpha value is -3.45. The second-order valence-electron chi connectivity index (χ2n) is 15.6. The average Bonchev–Trinajstić information content (AvgIpc) is 3.57. The number of ether oxygens (including phenoxy) is 4. The van der Waals surface area contributed by atoms with Crippen LogP contribution in [0.25, 0.3) is 10.2 Å². The zero-order valence-corrected chi connectivity index (χ0v) is 33.3. The van der Waals surface area contributed by atoms with Gasteiger partial charge in [-0.1, -0.05) is 23.5 Å². The Labute approximate surface area is 327 Å². The Balaban J connectivity index is 1.01. The van der Waals surface area contributed by atoms with Gasteiger partial charge in [0.25, 0.3) is 0 Å². The van der Waals surface area contributed by atoms with Crippen molar-refractivity contribution in [2.45, 2.75) is 107 Å². The zero-order valence-electron chi connectivity index (χ0n) is 30.9. The Morgan fingerprint density at radius 2 is 1.95 bits per heavy atom. The number of carbonyl (C=O) groups is 1. The minimum absolute atomic E-state index is 0.0127. The fourth-order valence-electron chi connectivity index (χ4n) is 7.60. The van der Waals surface area contributed by atoms with Gasteiger partial charge in [-0.05, 0) is 88.8 Å². The van der Waals surface area contributed by atoms with Gasteiger partial charge in [-0.25, -0.2) is 27.6 Å². The number of carbonyl (C=O) groups excluding carboxylic acids is 1. The van der Waals surface area contributed by atoms with Crippen LogP contribution in [0.1, 0.15) is 55.8 Å². The summed E-state index contributed by atoms with van der Waals surface area (Å²) in [5.41, 5.74) is 0.267. The van der Waals surface area contributed by atoms with Crippen molar-refractivity contribution in [3.8, 4) is 5.75 Å². The highest BCUT2D eigenvalue weighted by molar-refractivity contribution is 7.89. The van der Waals surface area contributed by atoms with Crippen LogP contribution in [0.5, 0.6) is 5.75 Å². The van der Waals surface area contributed by atoms with Crippen molar-refractivity contribution in [1.29, 1.82) is 0 Å². The Kier molecular flexibility index (Phi) is 10.8. The van der Waals surface area contributed by atoms with E-state index in [0.717, 1.165) is 46.3 Å². The van der Waals surface area contributed by atoms with E-state index in [2.05, 4.69) is 20.6 Å². The predicted molar refractivity (Wildman–Crippen MR) is 206 cm³/mol. The van der Waals surface area contributed by atoms with E-state index in [0.29, 0.717) is 40.4 Å². The number of halogens is 1. The van der Waals surface area contributed by atoms with E-state index in [-0.39, 0.29) is 35.5 Å². The predicted octanol–water partition coefficient (Wildman–Crippen LogP) is 5.80. The van der Waals surface area contributed by atoms with Gasteiger partial charge in [-0.2, -0.15) is 4.31 Å². The van der Waals surface area contributed by atoms with Crippen LogP contribution in [0.4, 0.5) is 14.3 Å². The summed E-state index contributed by atoms with van der Waals surface area (Å²) in [6.07, 6.45) is 0.496. The van der Waals surface area contributed by atoms with E-state index in [4.69, 9.17) is 18.9 Å². The number of nitrogens with zero attached hydrogens (tertiary/aromatic N) is 3. The van der Waals surface area contributed by atoms with Gasteiger partial charge in [0.1, 0.15) is 24.1 Å². The lowest BCUT2D eigenvalue weighted by Crippen LogP contribution is -2.53. The molecule has 4 aromatic rings. The summed E-state index contributed by atoms with van der Waals surface area (Å²) >= 11 is 2.90. The molecule has 2 saturated heterocycles. The molecule has 4 aliphatic rings. The number of rotatable bonds is 16. The van der Waals surface area contributed by atoms with Crippen molar-refractivity contribution < 1.29 is 41.7 Å². The number of aliphatic hydroxyl groups is 1. The number of fused-ring (bicyclic) bond motifs is 3. The number of hydrogen-bond acceptors (Lipinski definition) is 13. The molecule has 2 aliphatic heterocycles. The number of benzene rings is 2. The highest BCUT2D eigenvalue weighted by atomic mass is 32.2. The third kappa shape index (κ3) is 9.08. The van der Waals surface area contributed by atoms with Gasteiger partial charge in [-0.15, -0.1) is 11.3 Å². The van der Waals surface area contributed by atoms with E-state index in [1.807, 2.05) is 24.4 Å². The number of anilines is 1. The fourth-order valence-corrected chi connectivity index (χ4v) is 10.9. The second-order valence-corrected chi connectivity index (χ2v) is 19.7. The standard InChI is InChI=1S/C38H46FN5O8S3/c1-21-40-26(19-53-21)18-49-27-8-4-22(5-9-27)12-30(43-37(46)52-34-24-13-23-14-32(34)51-35(23)50-17-24)31(45)16-44(20-38(2,3)39)55(47,48)28-10-11-29-33(15-28)54-36(42-29)41-25-6-7-25/h4-5,8-11,15,19,23-25,30-32,34-35,45H,6-7,12-14,16-18,20H2,1-3H3,(H,41,42)(H,43,46)/t23?,24?,30-,31+,32-,34?,35?/m0/s1. The number of alkyl halides is 1. The molecule has 0 radical (unpaired) electrons. The smallest absolute Gasteiger partial charge is 0.407 e. The summed E-state index contributed by atoms with van der Waals surface area (Å²) in [4.78, 5) is 22.6. The molecule has 4 fully saturated rings. The first-order chi connectivity index (χ1) is 26.3. The first-order valence-corrected chi connectivity index (χ1v) is 21.8. The monoisotopic (exact) mass is 815 g/mol. The van der Waals surface area contributed by atoms with Crippen LogP contribution >= 0.6 is 22.7 Å². The molecule has 2 aromatic heterocycles. The molecule has 55 heavy (non-hydrogen) atoms. The minimum atomic E-state index is -4.33. The number of thiazole rings is 2. The lowest BCUT2D eigenvalue weighted by atomic mass is 9.78. The summed E-state index contributed by atoms with van der Waals surface area (Å²) in [5.74, 6) is 0.880. The molecular weight excluding hydrogens is 770 g/mol. The van der Waals surface area contributed by atoms with E-state index in [9.17, 15) is 18.3 Å². The summed E-state index contributed by atoms with van der Waals surface area (Å²) in [6, 6.07) is 11.2. The highest BCUT2D eigenvalue weighted by Gasteiger charge is 2.53. The maximum Gasteiger partial charge on any atom is 0.407 e. The zero-order chi connectivity index (χ0) is 38.5. The fraction of sp³-hybridized carbons (Fsp3) is 0.553. The van der Waals surface area contributed by atoms with Gasteiger partial charge in [-0.3, -0.25) is 0 Å². The molecule has 3 bridgehead atoms. The lowest BCUT2D eigenvalue weighted by Gasteiger charge is -2.37. The van der Waals surface area contributed by atoms with Crippen LogP contribution in [0.3, 0.4) is 0 Å². The second kappa shape index (κ2) is 15.5. The normalized spacial score (nSPS) is 24.6. The number of nitrogens with one attached hydrogen (secondary N) is 2. The molecule has 7 atom stereocenters.